The zero-order valence-corrected chi connectivity index (χ0v) is 15.2. The van der Waals surface area contributed by atoms with E-state index in [4.69, 9.17) is 0 Å². The number of sulfonamides is 1. The predicted molar refractivity (Wildman–Crippen MR) is 86.8 cm³/mol. The van der Waals surface area contributed by atoms with E-state index in [0.29, 0.717) is 10.0 Å². The van der Waals surface area contributed by atoms with Crippen molar-refractivity contribution < 1.29 is 13.2 Å². The summed E-state index contributed by atoms with van der Waals surface area (Å²) < 4.78 is 27.7. The molecule has 0 aliphatic carbocycles. The van der Waals surface area contributed by atoms with E-state index in [2.05, 4.69) is 26.0 Å². The fraction of sp³-hybridized carbons (Fsp3) is 0.500. The second-order valence-electron chi connectivity index (χ2n) is 6.13. The zero-order valence-electron chi connectivity index (χ0n) is 12.8. The third kappa shape index (κ3) is 5.41. The normalized spacial score (nSPS) is 12.5. The van der Waals surface area contributed by atoms with Crippen LogP contribution in [0.4, 0.5) is 0 Å². The summed E-state index contributed by atoms with van der Waals surface area (Å²) in [7, 11) is -3.67. The average Bonchev–Trinajstić information content (AvgIpc) is 2.24. The van der Waals surface area contributed by atoms with Gasteiger partial charge in [0.2, 0.25) is 10.0 Å². The highest BCUT2D eigenvalue weighted by molar-refractivity contribution is 9.10. The summed E-state index contributed by atoms with van der Waals surface area (Å²) >= 11 is 3.27. The van der Waals surface area contributed by atoms with Crippen molar-refractivity contribution in [2.45, 2.75) is 51.1 Å². The molecule has 0 bridgehead atoms. The zero-order chi connectivity index (χ0) is 16.4. The molecule has 0 fully saturated rings. The molecule has 0 aliphatic rings. The number of nitrogens with one attached hydrogen (secondary N) is 2. The molecule has 1 rings (SSSR count). The lowest BCUT2D eigenvalue weighted by atomic mass is 10.1. The van der Waals surface area contributed by atoms with Crippen LogP contribution in [0.15, 0.2) is 27.6 Å². The molecule has 0 spiro atoms. The largest absolute Gasteiger partial charge is 0.350 e. The summed E-state index contributed by atoms with van der Waals surface area (Å²) in [6.07, 6.45) is 0. The highest BCUT2D eigenvalue weighted by atomic mass is 79.9. The summed E-state index contributed by atoms with van der Waals surface area (Å²) in [6, 6.07) is 4.37. The van der Waals surface area contributed by atoms with Crippen molar-refractivity contribution in [3.05, 3.63) is 28.2 Å². The van der Waals surface area contributed by atoms with Crippen molar-refractivity contribution in [1.82, 2.24) is 10.0 Å². The summed E-state index contributed by atoms with van der Waals surface area (Å²) in [4.78, 5) is 12.1. The van der Waals surface area contributed by atoms with Gasteiger partial charge in [-0.1, -0.05) is 0 Å². The average molecular weight is 377 g/mol. The summed E-state index contributed by atoms with van der Waals surface area (Å²) in [5, 5.41) is 2.74. The van der Waals surface area contributed by atoms with Crippen LogP contribution in [0, 0.1) is 0 Å². The van der Waals surface area contributed by atoms with Crippen LogP contribution < -0.4 is 10.0 Å². The molecular formula is C14H21BrN2O3S. The number of halogens is 1. The van der Waals surface area contributed by atoms with Crippen molar-refractivity contribution in [2.75, 3.05) is 0 Å². The number of benzene rings is 1. The Morgan fingerprint density at radius 2 is 1.81 bits per heavy atom. The van der Waals surface area contributed by atoms with E-state index >= 15 is 0 Å². The lowest BCUT2D eigenvalue weighted by Gasteiger charge is -2.20. The first-order valence-corrected chi connectivity index (χ1v) is 8.84. The van der Waals surface area contributed by atoms with Gasteiger partial charge in [0.05, 0.1) is 10.5 Å². The van der Waals surface area contributed by atoms with Crippen LogP contribution in [0.5, 0.6) is 0 Å². The van der Waals surface area contributed by atoms with Gasteiger partial charge in [0, 0.05) is 16.1 Å². The Morgan fingerprint density at radius 1 is 1.24 bits per heavy atom. The maximum absolute atomic E-state index is 12.3. The molecule has 0 aromatic heterocycles. The Balaban J connectivity index is 3.21. The predicted octanol–water partition coefficient (Wildman–Crippen LogP) is 2.66. The molecule has 7 heteroatoms. The first-order valence-electron chi connectivity index (χ1n) is 6.57. The summed E-state index contributed by atoms with van der Waals surface area (Å²) in [6.45, 7) is 8.96. The Kier molecular flexibility index (Phi) is 5.57. The Morgan fingerprint density at radius 3 is 2.29 bits per heavy atom. The first kappa shape index (κ1) is 18.1. The number of amides is 1. The molecular weight excluding hydrogens is 356 g/mol. The van der Waals surface area contributed by atoms with E-state index in [1.165, 1.54) is 12.1 Å². The van der Waals surface area contributed by atoms with Gasteiger partial charge in [0.15, 0.2) is 0 Å². The second-order valence-corrected chi connectivity index (χ2v) is 8.66. The number of hydrogen-bond donors (Lipinski definition) is 2. The lowest BCUT2D eigenvalue weighted by molar-refractivity contribution is 0.0942. The molecule has 5 nitrogen and oxygen atoms in total. The molecule has 1 aromatic carbocycles. The monoisotopic (exact) mass is 376 g/mol. The molecule has 0 radical (unpaired) electrons. The van der Waals surface area contributed by atoms with Crippen molar-refractivity contribution >= 4 is 31.9 Å². The number of rotatable bonds is 4. The van der Waals surface area contributed by atoms with Gasteiger partial charge in [0.1, 0.15) is 0 Å². The summed E-state index contributed by atoms with van der Waals surface area (Å²) in [5.74, 6) is -0.315. The van der Waals surface area contributed by atoms with Gasteiger partial charge in [-0.15, -0.1) is 0 Å². The van der Waals surface area contributed by atoms with Crippen LogP contribution in [0.1, 0.15) is 45.0 Å². The SMILES string of the molecule is CC(C)NC(=O)c1cc(S(=O)(=O)NC(C)(C)C)ccc1Br. The van der Waals surface area contributed by atoms with Crippen molar-refractivity contribution in [3.8, 4) is 0 Å². The maximum atomic E-state index is 12.3. The van der Waals surface area contributed by atoms with Crippen molar-refractivity contribution in [3.63, 3.8) is 0 Å². The quantitative estimate of drug-likeness (QED) is 0.847. The van der Waals surface area contributed by atoms with Gasteiger partial charge in [-0.3, -0.25) is 4.79 Å². The molecule has 0 aliphatic heterocycles. The molecule has 21 heavy (non-hydrogen) atoms. The van der Waals surface area contributed by atoms with E-state index < -0.39 is 15.6 Å². The fourth-order valence-corrected chi connectivity index (χ4v) is 3.52. The Labute approximate surface area is 134 Å². The molecule has 0 saturated carbocycles. The Bertz CT molecular complexity index is 634. The van der Waals surface area contributed by atoms with Crippen LogP contribution in [-0.2, 0) is 10.0 Å². The van der Waals surface area contributed by atoms with E-state index in [1.807, 2.05) is 13.8 Å². The first-order chi connectivity index (χ1) is 9.42. The van der Waals surface area contributed by atoms with Gasteiger partial charge < -0.3 is 5.32 Å². The van der Waals surface area contributed by atoms with Gasteiger partial charge in [-0.05, 0) is 68.7 Å². The van der Waals surface area contributed by atoms with E-state index in [-0.39, 0.29) is 16.8 Å². The van der Waals surface area contributed by atoms with Crippen LogP contribution in [0.25, 0.3) is 0 Å². The van der Waals surface area contributed by atoms with Gasteiger partial charge in [-0.2, -0.15) is 0 Å². The van der Waals surface area contributed by atoms with E-state index in [0.717, 1.165) is 0 Å². The third-order valence-corrected chi connectivity index (χ3v) is 4.80. The minimum Gasteiger partial charge on any atom is -0.350 e. The molecule has 0 unspecified atom stereocenters. The molecule has 0 heterocycles. The molecule has 0 atom stereocenters. The molecule has 2 N–H and O–H groups in total. The van der Waals surface area contributed by atoms with Crippen LogP contribution in [0.3, 0.4) is 0 Å². The molecule has 1 aromatic rings. The van der Waals surface area contributed by atoms with Crippen molar-refractivity contribution in [2.24, 2.45) is 0 Å². The molecule has 1 amide bonds. The highest BCUT2D eigenvalue weighted by Crippen LogP contribution is 2.22. The second kappa shape index (κ2) is 6.46. The maximum Gasteiger partial charge on any atom is 0.252 e. The van der Waals surface area contributed by atoms with E-state index in [9.17, 15) is 13.2 Å². The number of carbonyl (C=O) groups is 1. The summed E-state index contributed by atoms with van der Waals surface area (Å²) in [5.41, 5.74) is -0.299. The number of hydrogen-bond acceptors (Lipinski definition) is 3. The highest BCUT2D eigenvalue weighted by Gasteiger charge is 2.23. The standard InChI is InChI=1S/C14H21BrN2O3S/c1-9(2)16-13(18)11-8-10(6-7-12(11)15)21(19,20)17-14(3,4)5/h6-9,17H,1-5H3,(H,16,18). The van der Waals surface area contributed by atoms with Crippen molar-refractivity contribution in [1.29, 1.82) is 0 Å². The van der Waals surface area contributed by atoms with Gasteiger partial charge >= 0.3 is 0 Å². The van der Waals surface area contributed by atoms with E-state index in [1.54, 1.807) is 26.8 Å². The van der Waals surface area contributed by atoms with Gasteiger partial charge in [0.25, 0.3) is 5.91 Å². The minimum atomic E-state index is -3.67. The lowest BCUT2D eigenvalue weighted by Crippen LogP contribution is -2.40. The third-order valence-electron chi connectivity index (χ3n) is 2.35. The van der Waals surface area contributed by atoms with Gasteiger partial charge in [-0.25, -0.2) is 13.1 Å². The van der Waals surface area contributed by atoms with Crippen LogP contribution >= 0.6 is 15.9 Å². The number of carbonyl (C=O) groups excluding carboxylic acids is 1. The van der Waals surface area contributed by atoms with Crippen LogP contribution in [-0.4, -0.2) is 25.9 Å². The molecule has 118 valence electrons. The smallest absolute Gasteiger partial charge is 0.252 e. The van der Waals surface area contributed by atoms with Crippen LogP contribution in [0.2, 0.25) is 0 Å². The fourth-order valence-electron chi connectivity index (χ4n) is 1.65. The topological polar surface area (TPSA) is 75.3 Å². The minimum absolute atomic E-state index is 0.0302. The molecule has 0 saturated heterocycles. The Hall–Kier alpha value is -0.920.